The van der Waals surface area contributed by atoms with Crippen molar-refractivity contribution in [3.63, 3.8) is 0 Å². The van der Waals surface area contributed by atoms with Gasteiger partial charge in [0.25, 0.3) is 0 Å². The molecule has 18 heavy (non-hydrogen) atoms. The smallest absolute Gasteiger partial charge is 0.405 e. The summed E-state index contributed by atoms with van der Waals surface area (Å²) in [5.41, 5.74) is 1.14. The molecule has 4 nitrogen and oxygen atoms in total. The van der Waals surface area contributed by atoms with Crippen molar-refractivity contribution in [2.75, 3.05) is 13.1 Å². The molecule has 1 aromatic rings. The average molecular weight is 246 g/mol. The van der Waals surface area contributed by atoms with Crippen LogP contribution in [-0.2, 0) is 0 Å². The predicted octanol–water partition coefficient (Wildman–Crippen LogP) is 2.09. The molecule has 1 amide bonds. The predicted molar refractivity (Wildman–Crippen MR) is 68.4 cm³/mol. The number of amides is 1. The maximum Gasteiger partial charge on any atom is 0.405 e. The van der Waals surface area contributed by atoms with Crippen LogP contribution in [0.5, 0.6) is 0 Å². The maximum absolute atomic E-state index is 10.8. The number of rotatable bonds is 3. The number of nitrogens with zero attached hydrogens (tertiary/aromatic N) is 1. The molecule has 1 saturated carbocycles. The zero-order valence-electron chi connectivity index (χ0n) is 10.5. The van der Waals surface area contributed by atoms with Crippen LogP contribution in [0.4, 0.5) is 4.79 Å². The van der Waals surface area contributed by atoms with Crippen LogP contribution in [-0.4, -0.2) is 34.7 Å². The third kappa shape index (κ3) is 1.86. The van der Waals surface area contributed by atoms with E-state index < -0.39 is 6.09 Å². The molecule has 2 unspecified atom stereocenters. The summed E-state index contributed by atoms with van der Waals surface area (Å²) in [4.78, 5) is 13.2. The summed E-state index contributed by atoms with van der Waals surface area (Å²) in [5, 5.41) is 11.6. The lowest BCUT2D eigenvalue weighted by Crippen LogP contribution is -2.42. The molecular weight excluding hydrogens is 228 g/mol. The Kier molecular flexibility index (Phi) is 2.55. The summed E-state index contributed by atoms with van der Waals surface area (Å²) >= 11 is 0. The van der Waals surface area contributed by atoms with Gasteiger partial charge >= 0.3 is 6.09 Å². The van der Waals surface area contributed by atoms with E-state index >= 15 is 0 Å². The molecule has 2 N–H and O–H groups in total. The molecule has 96 valence electrons. The van der Waals surface area contributed by atoms with Crippen LogP contribution >= 0.6 is 0 Å². The first-order valence-corrected chi connectivity index (χ1v) is 6.41. The van der Waals surface area contributed by atoms with Gasteiger partial charge in [-0.1, -0.05) is 30.3 Å². The third-order valence-electron chi connectivity index (χ3n) is 4.36. The highest BCUT2D eigenvalue weighted by Crippen LogP contribution is 2.51. The third-order valence-corrected chi connectivity index (χ3v) is 4.36. The molecule has 0 radical (unpaired) electrons. The second kappa shape index (κ2) is 3.99. The van der Waals surface area contributed by atoms with Gasteiger partial charge in [-0.05, 0) is 24.8 Å². The molecule has 2 aliphatic rings. The normalized spacial score (nSPS) is 31.7. The molecule has 2 fully saturated rings. The highest BCUT2D eigenvalue weighted by atomic mass is 16.4. The minimum atomic E-state index is -0.897. The molecule has 4 heteroatoms. The number of nitrogens with one attached hydrogen (secondary N) is 1. The van der Waals surface area contributed by atoms with Crippen LogP contribution in [0, 0.1) is 5.92 Å². The topological polar surface area (TPSA) is 52.6 Å². The van der Waals surface area contributed by atoms with Gasteiger partial charge in [0.15, 0.2) is 0 Å². The fourth-order valence-electron chi connectivity index (χ4n) is 3.17. The molecule has 1 heterocycles. The van der Waals surface area contributed by atoms with E-state index in [1.807, 2.05) is 18.2 Å². The number of likely N-dealkylation sites (tertiary alicyclic amines) is 1. The molecule has 1 aliphatic carbocycles. The highest BCUT2D eigenvalue weighted by Gasteiger charge is 2.61. The van der Waals surface area contributed by atoms with Gasteiger partial charge in [0.1, 0.15) is 0 Å². The fraction of sp³-hybridized carbons (Fsp3) is 0.500. The Labute approximate surface area is 107 Å². The molecule has 3 rings (SSSR count). The largest absolute Gasteiger partial charge is 0.465 e. The minimum absolute atomic E-state index is 0.158. The lowest BCUT2D eigenvalue weighted by molar-refractivity contribution is 0.181. The molecule has 3 atom stereocenters. The van der Waals surface area contributed by atoms with E-state index in [0.29, 0.717) is 12.0 Å². The van der Waals surface area contributed by atoms with Crippen molar-refractivity contribution in [3.05, 3.63) is 35.9 Å². The number of benzene rings is 1. The van der Waals surface area contributed by atoms with Crippen LogP contribution in [0.2, 0.25) is 0 Å². The second-order valence-electron chi connectivity index (χ2n) is 5.50. The lowest BCUT2D eigenvalue weighted by Gasteiger charge is -2.27. The number of hydrogen-bond acceptors (Lipinski definition) is 2. The fourth-order valence-corrected chi connectivity index (χ4v) is 3.17. The van der Waals surface area contributed by atoms with E-state index in [0.717, 1.165) is 19.5 Å². The van der Waals surface area contributed by atoms with E-state index in [2.05, 4.69) is 29.3 Å². The van der Waals surface area contributed by atoms with E-state index in [4.69, 9.17) is 5.11 Å². The Bertz CT molecular complexity index is 462. The number of fused-ring (bicyclic) bond motifs is 1. The number of carboxylic acid groups (broad SMARTS) is 1. The van der Waals surface area contributed by atoms with Gasteiger partial charge in [-0.15, -0.1) is 0 Å². The zero-order valence-corrected chi connectivity index (χ0v) is 10.5. The Morgan fingerprint density at radius 2 is 2.22 bits per heavy atom. The maximum atomic E-state index is 10.8. The van der Waals surface area contributed by atoms with Crippen LogP contribution < -0.4 is 5.32 Å². The van der Waals surface area contributed by atoms with E-state index in [9.17, 15) is 4.79 Å². The van der Waals surface area contributed by atoms with Gasteiger partial charge in [-0.3, -0.25) is 4.90 Å². The van der Waals surface area contributed by atoms with Crippen LogP contribution in [0.15, 0.2) is 30.3 Å². The number of carbonyl (C=O) groups is 1. The van der Waals surface area contributed by atoms with Gasteiger partial charge in [0.2, 0.25) is 0 Å². The monoisotopic (exact) mass is 246 g/mol. The summed E-state index contributed by atoms with van der Waals surface area (Å²) in [7, 11) is 0. The lowest BCUT2D eigenvalue weighted by atomic mass is 10.1. The van der Waals surface area contributed by atoms with Crippen molar-refractivity contribution in [1.29, 1.82) is 0 Å². The molecule has 0 aromatic heterocycles. The zero-order chi connectivity index (χ0) is 12.8. The first-order chi connectivity index (χ1) is 8.61. The Morgan fingerprint density at radius 3 is 2.89 bits per heavy atom. The summed E-state index contributed by atoms with van der Waals surface area (Å²) in [6.45, 7) is 4.02. The summed E-state index contributed by atoms with van der Waals surface area (Å²) in [6, 6.07) is 10.7. The SMILES string of the molecule is C[C@H](c1ccccc1)N1CC2CC2(NC(=O)O)C1. The molecule has 1 aliphatic heterocycles. The number of hydrogen-bond donors (Lipinski definition) is 2. The first kappa shape index (κ1) is 11.5. The van der Waals surface area contributed by atoms with E-state index in [1.54, 1.807) is 0 Å². The average Bonchev–Trinajstić information content (AvgIpc) is 2.89. The summed E-state index contributed by atoms with van der Waals surface area (Å²) in [5.74, 6) is 0.500. The Morgan fingerprint density at radius 1 is 1.50 bits per heavy atom. The van der Waals surface area contributed by atoms with Crippen molar-refractivity contribution >= 4 is 6.09 Å². The molecule has 1 aromatic carbocycles. The van der Waals surface area contributed by atoms with Crippen molar-refractivity contribution in [3.8, 4) is 0 Å². The van der Waals surface area contributed by atoms with Gasteiger partial charge < -0.3 is 10.4 Å². The molecule has 1 saturated heterocycles. The van der Waals surface area contributed by atoms with Crippen molar-refractivity contribution in [2.45, 2.75) is 24.9 Å². The summed E-state index contributed by atoms with van der Waals surface area (Å²) in [6.07, 6.45) is 0.101. The van der Waals surface area contributed by atoms with Crippen LogP contribution in [0.1, 0.15) is 24.9 Å². The van der Waals surface area contributed by atoms with Gasteiger partial charge in [-0.2, -0.15) is 0 Å². The Balaban J connectivity index is 1.69. The number of piperidine rings is 1. The van der Waals surface area contributed by atoms with E-state index in [1.165, 1.54) is 5.56 Å². The van der Waals surface area contributed by atoms with Crippen molar-refractivity contribution in [1.82, 2.24) is 10.2 Å². The molecule has 0 spiro atoms. The molecular formula is C14H18N2O2. The van der Waals surface area contributed by atoms with Crippen molar-refractivity contribution < 1.29 is 9.90 Å². The highest BCUT2D eigenvalue weighted by molar-refractivity contribution is 5.67. The second-order valence-corrected chi connectivity index (χ2v) is 5.50. The van der Waals surface area contributed by atoms with Gasteiger partial charge in [0, 0.05) is 19.1 Å². The summed E-state index contributed by atoms with van der Waals surface area (Å²) < 4.78 is 0. The minimum Gasteiger partial charge on any atom is -0.465 e. The van der Waals surface area contributed by atoms with Crippen LogP contribution in [0.25, 0.3) is 0 Å². The van der Waals surface area contributed by atoms with Crippen molar-refractivity contribution in [2.24, 2.45) is 5.92 Å². The van der Waals surface area contributed by atoms with Gasteiger partial charge in [-0.25, -0.2) is 4.79 Å². The quantitative estimate of drug-likeness (QED) is 0.858. The molecule has 0 bridgehead atoms. The Hall–Kier alpha value is -1.55. The standard InChI is InChI=1S/C14H18N2O2/c1-10(11-5-3-2-4-6-11)16-8-12-7-14(12,9-16)15-13(17)18/h2-6,10,12,15H,7-9H2,1H3,(H,17,18)/t10-,12?,14?/m1/s1. The van der Waals surface area contributed by atoms with Gasteiger partial charge in [0.05, 0.1) is 5.54 Å². The first-order valence-electron chi connectivity index (χ1n) is 6.41. The van der Waals surface area contributed by atoms with E-state index in [-0.39, 0.29) is 5.54 Å². The van der Waals surface area contributed by atoms with Crippen LogP contribution in [0.3, 0.4) is 0 Å².